The van der Waals surface area contributed by atoms with Crippen molar-refractivity contribution in [2.45, 2.75) is 6.42 Å². The summed E-state index contributed by atoms with van der Waals surface area (Å²) >= 11 is 0. The lowest BCUT2D eigenvalue weighted by Gasteiger charge is -2.09. The average molecular weight is 327 g/mol. The number of halogens is 1. The van der Waals surface area contributed by atoms with Gasteiger partial charge in [0.15, 0.2) is 0 Å². The van der Waals surface area contributed by atoms with Gasteiger partial charge in [-0.25, -0.2) is 14.4 Å². The molecule has 0 spiro atoms. The van der Waals surface area contributed by atoms with E-state index >= 15 is 0 Å². The maximum absolute atomic E-state index is 13.4. The molecule has 0 aliphatic carbocycles. The Morgan fingerprint density at radius 2 is 1.83 bits per heavy atom. The molecule has 24 heavy (non-hydrogen) atoms. The van der Waals surface area contributed by atoms with Gasteiger partial charge in [0.2, 0.25) is 0 Å². The summed E-state index contributed by atoms with van der Waals surface area (Å²) < 4.78 is 24.2. The molecule has 0 fully saturated rings. The molecule has 1 N–H and O–H groups in total. The Bertz CT molecular complexity index is 809. The van der Waals surface area contributed by atoms with Crippen LogP contribution in [0, 0.1) is 5.82 Å². The van der Waals surface area contributed by atoms with Crippen molar-refractivity contribution in [1.29, 1.82) is 0 Å². The summed E-state index contributed by atoms with van der Waals surface area (Å²) in [6.45, 7) is 1.23. The third kappa shape index (κ3) is 3.90. The molecule has 124 valence electrons. The van der Waals surface area contributed by atoms with Gasteiger partial charge in [-0.05, 0) is 48.9 Å². The van der Waals surface area contributed by atoms with Crippen molar-refractivity contribution in [2.24, 2.45) is 0 Å². The molecular formula is C18H18FN3O2. The number of fused-ring (bicyclic) bond motifs is 1. The van der Waals surface area contributed by atoms with Crippen molar-refractivity contribution >= 4 is 16.7 Å². The minimum absolute atomic E-state index is 0.303. The summed E-state index contributed by atoms with van der Waals surface area (Å²) in [6, 6.07) is 11.9. The van der Waals surface area contributed by atoms with E-state index in [2.05, 4.69) is 15.3 Å². The summed E-state index contributed by atoms with van der Waals surface area (Å²) in [5, 5.41) is 3.88. The fourth-order valence-electron chi connectivity index (χ4n) is 2.31. The number of nitrogens with one attached hydrogen (secondary N) is 1. The summed E-state index contributed by atoms with van der Waals surface area (Å²) in [5.74, 6) is 1.92. The number of nitrogens with zero attached hydrogens (tertiary/aromatic N) is 2. The molecule has 3 rings (SSSR count). The van der Waals surface area contributed by atoms with Crippen LogP contribution in [0.5, 0.6) is 11.5 Å². The Kier molecular flexibility index (Phi) is 5.05. The van der Waals surface area contributed by atoms with Crippen molar-refractivity contribution in [3.05, 3.63) is 54.6 Å². The Morgan fingerprint density at radius 3 is 2.62 bits per heavy atom. The quantitative estimate of drug-likeness (QED) is 0.671. The van der Waals surface area contributed by atoms with Crippen LogP contribution in [0.2, 0.25) is 0 Å². The van der Waals surface area contributed by atoms with E-state index in [9.17, 15) is 4.39 Å². The maximum atomic E-state index is 13.4. The number of methoxy groups -OCH3 is 1. The number of anilines is 1. The van der Waals surface area contributed by atoms with Gasteiger partial charge in [-0.15, -0.1) is 0 Å². The van der Waals surface area contributed by atoms with E-state index in [-0.39, 0.29) is 5.82 Å². The first-order valence-corrected chi connectivity index (χ1v) is 7.67. The number of benzene rings is 2. The predicted molar refractivity (Wildman–Crippen MR) is 91.1 cm³/mol. The molecular weight excluding hydrogens is 309 g/mol. The van der Waals surface area contributed by atoms with Crippen LogP contribution in [0.15, 0.2) is 48.8 Å². The average Bonchev–Trinajstić information content (AvgIpc) is 2.62. The van der Waals surface area contributed by atoms with Gasteiger partial charge in [-0.1, -0.05) is 0 Å². The number of ether oxygens (including phenoxy) is 2. The van der Waals surface area contributed by atoms with Crippen LogP contribution in [0.1, 0.15) is 6.42 Å². The molecule has 0 aliphatic heterocycles. The van der Waals surface area contributed by atoms with Gasteiger partial charge in [0.25, 0.3) is 0 Å². The van der Waals surface area contributed by atoms with E-state index in [0.29, 0.717) is 29.9 Å². The van der Waals surface area contributed by atoms with Crippen molar-refractivity contribution in [2.75, 3.05) is 25.6 Å². The number of hydrogen-bond donors (Lipinski definition) is 1. The Labute approximate surface area is 139 Å². The third-order valence-electron chi connectivity index (χ3n) is 3.54. The molecule has 0 bridgehead atoms. The molecule has 3 aromatic rings. The fourth-order valence-corrected chi connectivity index (χ4v) is 2.31. The first-order chi connectivity index (χ1) is 11.8. The van der Waals surface area contributed by atoms with Gasteiger partial charge in [0, 0.05) is 11.9 Å². The van der Waals surface area contributed by atoms with Gasteiger partial charge in [-0.3, -0.25) is 0 Å². The van der Waals surface area contributed by atoms with Crippen LogP contribution in [-0.4, -0.2) is 30.2 Å². The first kappa shape index (κ1) is 16.0. The first-order valence-electron chi connectivity index (χ1n) is 7.67. The monoisotopic (exact) mass is 327 g/mol. The number of rotatable bonds is 7. The predicted octanol–water partition coefficient (Wildman–Crippen LogP) is 3.66. The number of hydrogen-bond acceptors (Lipinski definition) is 5. The lowest BCUT2D eigenvalue weighted by molar-refractivity contribution is 0.314. The van der Waals surface area contributed by atoms with Crippen LogP contribution < -0.4 is 14.8 Å². The SMILES string of the molecule is COc1ccc(OCCCNc2ncnc3ccc(F)cc23)cc1. The van der Waals surface area contributed by atoms with Crippen LogP contribution in [-0.2, 0) is 0 Å². The highest BCUT2D eigenvalue weighted by Crippen LogP contribution is 2.20. The molecule has 5 nitrogen and oxygen atoms in total. The van der Waals surface area contributed by atoms with Crippen molar-refractivity contribution < 1.29 is 13.9 Å². The van der Waals surface area contributed by atoms with E-state index in [1.165, 1.54) is 18.5 Å². The fraction of sp³-hybridized carbons (Fsp3) is 0.222. The molecule has 0 aliphatic rings. The van der Waals surface area contributed by atoms with Gasteiger partial charge < -0.3 is 14.8 Å². The second kappa shape index (κ2) is 7.59. The molecule has 1 heterocycles. The van der Waals surface area contributed by atoms with E-state index in [1.807, 2.05) is 24.3 Å². The minimum atomic E-state index is -0.303. The lowest BCUT2D eigenvalue weighted by Crippen LogP contribution is -2.09. The molecule has 2 aromatic carbocycles. The van der Waals surface area contributed by atoms with E-state index in [0.717, 1.165) is 17.9 Å². The Morgan fingerprint density at radius 1 is 1.04 bits per heavy atom. The standard InChI is InChI=1S/C18H18FN3O2/c1-23-14-4-6-15(7-5-14)24-10-2-9-20-18-16-11-13(19)3-8-17(16)21-12-22-18/h3-8,11-12H,2,9-10H2,1H3,(H,20,21,22). The summed E-state index contributed by atoms with van der Waals surface area (Å²) in [7, 11) is 1.63. The molecule has 0 atom stereocenters. The van der Waals surface area contributed by atoms with Crippen LogP contribution in [0.4, 0.5) is 10.2 Å². The summed E-state index contributed by atoms with van der Waals surface area (Å²) in [5.41, 5.74) is 0.711. The Balaban J connectivity index is 1.50. The zero-order valence-corrected chi connectivity index (χ0v) is 13.3. The molecule has 0 amide bonds. The van der Waals surface area contributed by atoms with Crippen LogP contribution in [0.25, 0.3) is 10.9 Å². The second-order valence-corrected chi connectivity index (χ2v) is 5.19. The normalized spacial score (nSPS) is 10.6. The molecule has 0 radical (unpaired) electrons. The van der Waals surface area contributed by atoms with Crippen LogP contribution in [0.3, 0.4) is 0 Å². The molecule has 6 heteroatoms. The largest absolute Gasteiger partial charge is 0.497 e. The van der Waals surface area contributed by atoms with Gasteiger partial charge in [0.1, 0.15) is 29.5 Å². The zero-order chi connectivity index (χ0) is 16.8. The highest BCUT2D eigenvalue weighted by atomic mass is 19.1. The van der Waals surface area contributed by atoms with E-state index in [1.54, 1.807) is 13.2 Å². The summed E-state index contributed by atoms with van der Waals surface area (Å²) in [6.07, 6.45) is 2.25. The maximum Gasteiger partial charge on any atom is 0.137 e. The smallest absolute Gasteiger partial charge is 0.137 e. The van der Waals surface area contributed by atoms with Crippen molar-refractivity contribution in [3.8, 4) is 11.5 Å². The van der Waals surface area contributed by atoms with E-state index < -0.39 is 0 Å². The second-order valence-electron chi connectivity index (χ2n) is 5.19. The summed E-state index contributed by atoms with van der Waals surface area (Å²) in [4.78, 5) is 8.31. The Hall–Kier alpha value is -2.89. The van der Waals surface area contributed by atoms with Gasteiger partial charge in [0.05, 0.1) is 19.2 Å². The molecule has 0 saturated heterocycles. The molecule has 1 aromatic heterocycles. The van der Waals surface area contributed by atoms with E-state index in [4.69, 9.17) is 9.47 Å². The highest BCUT2D eigenvalue weighted by Gasteiger charge is 2.04. The van der Waals surface area contributed by atoms with Gasteiger partial charge in [-0.2, -0.15) is 0 Å². The number of aromatic nitrogens is 2. The molecule has 0 unspecified atom stereocenters. The van der Waals surface area contributed by atoms with Crippen molar-refractivity contribution in [1.82, 2.24) is 9.97 Å². The third-order valence-corrected chi connectivity index (χ3v) is 3.54. The highest BCUT2D eigenvalue weighted by molar-refractivity contribution is 5.88. The van der Waals surface area contributed by atoms with Crippen LogP contribution >= 0.6 is 0 Å². The lowest BCUT2D eigenvalue weighted by atomic mass is 10.2. The topological polar surface area (TPSA) is 56.3 Å². The minimum Gasteiger partial charge on any atom is -0.497 e. The zero-order valence-electron chi connectivity index (χ0n) is 13.3. The van der Waals surface area contributed by atoms with Crippen molar-refractivity contribution in [3.63, 3.8) is 0 Å². The van der Waals surface area contributed by atoms with Gasteiger partial charge >= 0.3 is 0 Å². The molecule has 0 saturated carbocycles.